The molecule has 0 fully saturated rings. The van der Waals surface area contributed by atoms with Crippen LogP contribution in [0.2, 0.25) is 0 Å². The summed E-state index contributed by atoms with van der Waals surface area (Å²) in [6.45, 7) is 8.59. The first-order valence-corrected chi connectivity index (χ1v) is 2.56. The molecule has 50 valence electrons. The molecule has 9 heavy (non-hydrogen) atoms. The van der Waals surface area contributed by atoms with Crippen molar-refractivity contribution in [3.63, 3.8) is 0 Å². The van der Waals surface area contributed by atoms with Gasteiger partial charge in [0.1, 0.15) is 5.76 Å². The molecule has 0 heterocycles. The number of hydrogen-bond acceptors (Lipinski definition) is 2. The fraction of sp³-hybridized carbons (Fsp3) is 0.143. The fourth-order valence-electron chi connectivity index (χ4n) is 0.329. The molecule has 0 aromatic heterocycles. The molecule has 0 aliphatic carbocycles. The second kappa shape index (κ2) is 2.97. The van der Waals surface area contributed by atoms with Crippen LogP contribution in [0.5, 0.6) is 0 Å². The van der Waals surface area contributed by atoms with Crippen molar-refractivity contribution in [3.05, 3.63) is 36.3 Å². The van der Waals surface area contributed by atoms with Crippen LogP contribution in [-0.4, -0.2) is 5.11 Å². The maximum Gasteiger partial charge on any atom is 0.138 e. The minimum Gasteiger partial charge on any atom is -0.506 e. The number of aliphatic hydroxyl groups is 1. The molecule has 0 amide bonds. The van der Waals surface area contributed by atoms with Gasteiger partial charge < -0.3 is 10.8 Å². The zero-order valence-corrected chi connectivity index (χ0v) is 5.52. The molecule has 0 aliphatic heterocycles. The average Bonchev–Trinajstić information content (AvgIpc) is 1.84. The number of nitrogens with two attached hydrogens (primary N) is 1. The standard InChI is InChI=1S/C7H11NO/c1-4-6(9)7(8)5(2)3/h4,9H,1-2,8H2,3H3/b7-6-. The summed E-state index contributed by atoms with van der Waals surface area (Å²) in [6, 6.07) is 0. The van der Waals surface area contributed by atoms with Crippen LogP contribution in [0.4, 0.5) is 0 Å². The van der Waals surface area contributed by atoms with E-state index in [0.29, 0.717) is 11.3 Å². The summed E-state index contributed by atoms with van der Waals surface area (Å²) >= 11 is 0. The Bertz CT molecular complexity index is 168. The SMILES string of the molecule is C=C/C(O)=C(/N)C(=C)C. The van der Waals surface area contributed by atoms with Crippen LogP contribution in [0.3, 0.4) is 0 Å². The van der Waals surface area contributed by atoms with E-state index >= 15 is 0 Å². The van der Waals surface area contributed by atoms with Crippen molar-refractivity contribution in [2.75, 3.05) is 0 Å². The first-order valence-electron chi connectivity index (χ1n) is 2.56. The quantitative estimate of drug-likeness (QED) is 0.433. The van der Waals surface area contributed by atoms with Crippen LogP contribution in [0.25, 0.3) is 0 Å². The summed E-state index contributed by atoms with van der Waals surface area (Å²) in [7, 11) is 0. The van der Waals surface area contributed by atoms with Gasteiger partial charge in [0.15, 0.2) is 0 Å². The molecule has 0 spiro atoms. The van der Waals surface area contributed by atoms with E-state index in [1.807, 2.05) is 0 Å². The third-order valence-corrected chi connectivity index (χ3v) is 0.929. The summed E-state index contributed by atoms with van der Waals surface area (Å²) in [5.41, 5.74) is 6.27. The number of aliphatic hydroxyl groups excluding tert-OH is 1. The van der Waals surface area contributed by atoms with E-state index in [1.54, 1.807) is 6.92 Å². The third kappa shape index (κ3) is 2.04. The minimum atomic E-state index is -0.0116. The molecule has 0 bridgehead atoms. The van der Waals surface area contributed by atoms with Gasteiger partial charge in [0.05, 0.1) is 5.70 Å². The first-order chi connectivity index (χ1) is 4.09. The molecule has 0 atom stereocenters. The van der Waals surface area contributed by atoms with E-state index in [2.05, 4.69) is 13.2 Å². The van der Waals surface area contributed by atoms with Gasteiger partial charge in [-0.05, 0) is 18.6 Å². The van der Waals surface area contributed by atoms with Crippen LogP contribution in [0, 0.1) is 0 Å². The molecule has 2 heteroatoms. The van der Waals surface area contributed by atoms with Gasteiger partial charge in [-0.25, -0.2) is 0 Å². The molecular weight excluding hydrogens is 114 g/mol. The fourth-order valence-corrected chi connectivity index (χ4v) is 0.329. The van der Waals surface area contributed by atoms with E-state index < -0.39 is 0 Å². The Morgan fingerprint density at radius 2 is 2.11 bits per heavy atom. The van der Waals surface area contributed by atoms with E-state index in [9.17, 15) is 0 Å². The number of rotatable bonds is 2. The van der Waals surface area contributed by atoms with Gasteiger partial charge in [-0.3, -0.25) is 0 Å². The summed E-state index contributed by atoms with van der Waals surface area (Å²) in [5.74, 6) is -0.0116. The van der Waals surface area contributed by atoms with Crippen LogP contribution >= 0.6 is 0 Å². The van der Waals surface area contributed by atoms with E-state index in [0.717, 1.165) is 0 Å². The molecule has 0 saturated heterocycles. The van der Waals surface area contributed by atoms with Crippen molar-refractivity contribution in [1.29, 1.82) is 0 Å². The lowest BCUT2D eigenvalue weighted by Crippen LogP contribution is -2.01. The summed E-state index contributed by atoms with van der Waals surface area (Å²) in [4.78, 5) is 0. The maximum absolute atomic E-state index is 8.87. The van der Waals surface area contributed by atoms with Gasteiger partial charge in [0.25, 0.3) is 0 Å². The predicted octanol–water partition coefficient (Wildman–Crippen LogP) is 1.48. The van der Waals surface area contributed by atoms with Gasteiger partial charge in [0, 0.05) is 0 Å². The Hall–Kier alpha value is -1.18. The Morgan fingerprint density at radius 1 is 1.67 bits per heavy atom. The molecule has 0 rings (SSSR count). The maximum atomic E-state index is 8.87. The van der Waals surface area contributed by atoms with E-state index in [4.69, 9.17) is 10.8 Å². The number of hydrogen-bond donors (Lipinski definition) is 2. The van der Waals surface area contributed by atoms with Crippen LogP contribution in [-0.2, 0) is 0 Å². The summed E-state index contributed by atoms with van der Waals surface area (Å²) in [6.07, 6.45) is 1.28. The van der Waals surface area contributed by atoms with Crippen LogP contribution in [0.1, 0.15) is 6.92 Å². The lowest BCUT2D eigenvalue weighted by Gasteiger charge is -1.98. The predicted molar refractivity (Wildman–Crippen MR) is 38.9 cm³/mol. The zero-order valence-electron chi connectivity index (χ0n) is 5.52. The largest absolute Gasteiger partial charge is 0.506 e. The molecule has 0 radical (unpaired) electrons. The Labute approximate surface area is 55.0 Å². The monoisotopic (exact) mass is 125 g/mol. The normalized spacial score (nSPS) is 12.1. The Kier molecular flexibility index (Phi) is 2.58. The second-order valence-electron chi connectivity index (χ2n) is 1.78. The van der Waals surface area contributed by atoms with E-state index in [1.165, 1.54) is 6.08 Å². The molecule has 3 N–H and O–H groups in total. The molecule has 0 aromatic carbocycles. The summed E-state index contributed by atoms with van der Waals surface area (Å²) in [5, 5.41) is 8.87. The average molecular weight is 125 g/mol. The van der Waals surface area contributed by atoms with Crippen molar-refractivity contribution in [1.82, 2.24) is 0 Å². The lowest BCUT2D eigenvalue weighted by atomic mass is 10.2. The highest BCUT2D eigenvalue weighted by Crippen LogP contribution is 2.03. The molecule has 0 saturated carbocycles. The molecule has 0 aromatic rings. The van der Waals surface area contributed by atoms with Crippen molar-refractivity contribution < 1.29 is 5.11 Å². The Balaban J connectivity index is 4.47. The highest BCUT2D eigenvalue weighted by atomic mass is 16.3. The van der Waals surface area contributed by atoms with Crippen molar-refractivity contribution in [3.8, 4) is 0 Å². The second-order valence-corrected chi connectivity index (χ2v) is 1.78. The highest BCUT2D eigenvalue weighted by Gasteiger charge is 1.94. The molecular formula is C7H11NO. The van der Waals surface area contributed by atoms with Crippen LogP contribution < -0.4 is 5.73 Å². The zero-order chi connectivity index (χ0) is 7.44. The van der Waals surface area contributed by atoms with Crippen molar-refractivity contribution >= 4 is 0 Å². The van der Waals surface area contributed by atoms with Gasteiger partial charge in [-0.15, -0.1) is 0 Å². The van der Waals surface area contributed by atoms with Crippen LogP contribution in [0.15, 0.2) is 36.3 Å². The van der Waals surface area contributed by atoms with Gasteiger partial charge in [-0.2, -0.15) is 0 Å². The topological polar surface area (TPSA) is 46.2 Å². The minimum absolute atomic E-state index is 0.0116. The summed E-state index contributed by atoms with van der Waals surface area (Å²) < 4.78 is 0. The van der Waals surface area contributed by atoms with Gasteiger partial charge in [-0.1, -0.05) is 13.2 Å². The smallest absolute Gasteiger partial charge is 0.138 e. The Morgan fingerprint density at radius 3 is 2.22 bits per heavy atom. The van der Waals surface area contributed by atoms with Crippen molar-refractivity contribution in [2.45, 2.75) is 6.92 Å². The number of allylic oxidation sites excluding steroid dienone is 2. The molecule has 0 aliphatic rings. The third-order valence-electron chi connectivity index (χ3n) is 0.929. The first kappa shape index (κ1) is 7.82. The molecule has 2 nitrogen and oxygen atoms in total. The van der Waals surface area contributed by atoms with Gasteiger partial charge >= 0.3 is 0 Å². The van der Waals surface area contributed by atoms with E-state index in [-0.39, 0.29) is 5.76 Å². The van der Waals surface area contributed by atoms with Crippen molar-refractivity contribution in [2.24, 2.45) is 5.73 Å². The van der Waals surface area contributed by atoms with Gasteiger partial charge in [0.2, 0.25) is 0 Å². The molecule has 0 unspecified atom stereocenters. The lowest BCUT2D eigenvalue weighted by molar-refractivity contribution is 0.426. The highest BCUT2D eigenvalue weighted by molar-refractivity contribution is 5.29.